The fraction of sp³-hybridized carbons (Fsp3) is 0.200. The number of benzene rings is 2. The number of hydrogen-bond acceptors (Lipinski definition) is 4. The maximum atomic E-state index is 13.3. The zero-order valence-corrected chi connectivity index (χ0v) is 15.4. The van der Waals surface area contributed by atoms with E-state index in [9.17, 15) is 8.42 Å². The average Bonchev–Trinajstić information content (AvgIpc) is 3.34. The number of nitrogens with one attached hydrogen (secondary N) is 1. The van der Waals surface area contributed by atoms with Gasteiger partial charge in [-0.25, -0.2) is 13.4 Å². The predicted octanol–water partition coefficient (Wildman–Crippen LogP) is 3.29. The minimum atomic E-state index is -3.61. The van der Waals surface area contributed by atoms with Gasteiger partial charge in [0.1, 0.15) is 10.7 Å². The summed E-state index contributed by atoms with van der Waals surface area (Å²) in [7, 11) is -3.61. The van der Waals surface area contributed by atoms with Crippen LogP contribution in [0.4, 0.5) is 0 Å². The zero-order valence-electron chi connectivity index (χ0n) is 14.5. The van der Waals surface area contributed by atoms with E-state index in [1.807, 2.05) is 42.5 Å². The highest BCUT2D eigenvalue weighted by Crippen LogP contribution is 2.32. The molecule has 2 aromatic carbocycles. The average molecular weight is 378 g/mol. The first-order chi connectivity index (χ1) is 13.1. The Kier molecular flexibility index (Phi) is 3.73. The molecule has 1 fully saturated rings. The van der Waals surface area contributed by atoms with Gasteiger partial charge in [0, 0.05) is 30.6 Å². The third kappa shape index (κ3) is 2.70. The molecule has 4 aromatic rings. The summed E-state index contributed by atoms with van der Waals surface area (Å²) in [6.45, 7) is 0.901. The number of nitrogens with zero attached hydrogens (tertiary/aromatic N) is 3. The fourth-order valence-corrected chi connectivity index (χ4v) is 5.42. The molecule has 2 aromatic heterocycles. The van der Waals surface area contributed by atoms with Crippen LogP contribution in [0.2, 0.25) is 0 Å². The number of imidazole rings is 1. The maximum absolute atomic E-state index is 13.3. The van der Waals surface area contributed by atoms with Gasteiger partial charge in [0.25, 0.3) is 0 Å². The van der Waals surface area contributed by atoms with Crippen LogP contribution in [0.25, 0.3) is 21.9 Å². The van der Waals surface area contributed by atoms with E-state index in [0.717, 1.165) is 28.7 Å². The van der Waals surface area contributed by atoms with Gasteiger partial charge in [0.05, 0.1) is 16.6 Å². The van der Waals surface area contributed by atoms with Crippen LogP contribution >= 0.6 is 0 Å². The molecule has 6 nitrogen and oxygen atoms in total. The molecule has 0 aliphatic carbocycles. The Balaban J connectivity index is 1.48. The Labute approximate surface area is 156 Å². The van der Waals surface area contributed by atoms with E-state index < -0.39 is 10.0 Å². The molecule has 27 heavy (non-hydrogen) atoms. The van der Waals surface area contributed by atoms with Crippen LogP contribution < -0.4 is 0 Å². The van der Waals surface area contributed by atoms with Crippen molar-refractivity contribution in [2.75, 3.05) is 13.1 Å². The standard InChI is InChI=1S/C20H18N4O2S/c25-27(26,18-9-3-5-14-6-4-11-21-19(14)18)24-12-10-15(13-24)20-22-16-7-1-2-8-17(16)23-20/h1-9,11,15H,10,12-13H2,(H,22,23)/t15-/m0/s1. The van der Waals surface area contributed by atoms with Gasteiger partial charge in [-0.3, -0.25) is 4.98 Å². The van der Waals surface area contributed by atoms with Crippen molar-refractivity contribution in [2.24, 2.45) is 0 Å². The molecule has 1 aliphatic rings. The summed E-state index contributed by atoms with van der Waals surface area (Å²) in [5.41, 5.74) is 2.41. The highest BCUT2D eigenvalue weighted by Gasteiger charge is 2.35. The molecule has 0 bridgehead atoms. The lowest BCUT2D eigenvalue weighted by Crippen LogP contribution is -2.29. The molecule has 0 unspecified atom stereocenters. The molecule has 1 aliphatic heterocycles. The number of hydrogen-bond donors (Lipinski definition) is 1. The Hall–Kier alpha value is -2.77. The summed E-state index contributed by atoms with van der Waals surface area (Å²) in [5.74, 6) is 0.917. The van der Waals surface area contributed by atoms with Crippen LogP contribution in [-0.2, 0) is 10.0 Å². The number of para-hydroxylation sites is 3. The molecule has 0 radical (unpaired) electrons. The Morgan fingerprint density at radius 1 is 1.04 bits per heavy atom. The monoisotopic (exact) mass is 378 g/mol. The highest BCUT2D eigenvalue weighted by atomic mass is 32.2. The van der Waals surface area contributed by atoms with Crippen molar-refractivity contribution in [3.05, 3.63) is 66.6 Å². The number of rotatable bonds is 3. The van der Waals surface area contributed by atoms with Gasteiger partial charge in [0.2, 0.25) is 10.0 Å². The van der Waals surface area contributed by atoms with Gasteiger partial charge in [-0.15, -0.1) is 0 Å². The second kappa shape index (κ2) is 6.14. The van der Waals surface area contributed by atoms with E-state index >= 15 is 0 Å². The summed E-state index contributed by atoms with van der Waals surface area (Å²) in [4.78, 5) is 12.5. The first-order valence-corrected chi connectivity index (χ1v) is 10.4. The summed E-state index contributed by atoms with van der Waals surface area (Å²) < 4.78 is 28.1. The summed E-state index contributed by atoms with van der Waals surface area (Å²) in [6, 6.07) is 16.8. The topological polar surface area (TPSA) is 79.0 Å². The van der Waals surface area contributed by atoms with Crippen LogP contribution in [-0.4, -0.2) is 40.8 Å². The zero-order chi connectivity index (χ0) is 18.4. The normalized spacial score (nSPS) is 18.4. The molecule has 1 saturated heterocycles. The van der Waals surface area contributed by atoms with Gasteiger partial charge < -0.3 is 4.98 Å². The molecular weight excluding hydrogens is 360 g/mol. The third-order valence-electron chi connectivity index (χ3n) is 5.16. The minimum absolute atomic E-state index is 0.0649. The van der Waals surface area contributed by atoms with Crippen LogP contribution in [0, 0.1) is 0 Å². The molecule has 0 saturated carbocycles. The minimum Gasteiger partial charge on any atom is -0.342 e. The molecular formula is C20H18N4O2S. The lowest BCUT2D eigenvalue weighted by Gasteiger charge is -2.17. The summed E-state index contributed by atoms with van der Waals surface area (Å²) in [6.07, 6.45) is 2.37. The SMILES string of the molecule is O=S(=O)(c1cccc2cccnc12)N1CC[C@H](c2nc3ccccc3[nH]2)C1. The smallest absolute Gasteiger partial charge is 0.245 e. The first kappa shape index (κ1) is 16.4. The van der Waals surface area contributed by atoms with E-state index in [4.69, 9.17) is 0 Å². The largest absolute Gasteiger partial charge is 0.342 e. The Morgan fingerprint density at radius 3 is 2.78 bits per heavy atom. The van der Waals surface area contributed by atoms with Gasteiger partial charge in [0.15, 0.2) is 0 Å². The molecule has 0 spiro atoms. The fourth-order valence-electron chi connectivity index (χ4n) is 3.76. The first-order valence-electron chi connectivity index (χ1n) is 8.91. The van der Waals surface area contributed by atoms with Gasteiger partial charge in [-0.1, -0.05) is 30.3 Å². The Bertz CT molecular complexity index is 1210. The number of aromatic nitrogens is 3. The van der Waals surface area contributed by atoms with E-state index in [-0.39, 0.29) is 10.8 Å². The van der Waals surface area contributed by atoms with Gasteiger partial charge >= 0.3 is 0 Å². The van der Waals surface area contributed by atoms with Crippen molar-refractivity contribution >= 4 is 32.0 Å². The van der Waals surface area contributed by atoms with Crippen LogP contribution in [0.15, 0.2) is 65.7 Å². The Morgan fingerprint density at radius 2 is 1.89 bits per heavy atom. The second-order valence-electron chi connectivity index (χ2n) is 6.82. The van der Waals surface area contributed by atoms with E-state index in [1.54, 1.807) is 22.6 Å². The van der Waals surface area contributed by atoms with Crippen LogP contribution in [0.3, 0.4) is 0 Å². The van der Waals surface area contributed by atoms with Crippen molar-refractivity contribution in [3.63, 3.8) is 0 Å². The van der Waals surface area contributed by atoms with Crippen molar-refractivity contribution in [2.45, 2.75) is 17.2 Å². The van der Waals surface area contributed by atoms with E-state index in [1.165, 1.54) is 0 Å². The van der Waals surface area contributed by atoms with Crippen molar-refractivity contribution in [3.8, 4) is 0 Å². The van der Waals surface area contributed by atoms with Crippen molar-refractivity contribution in [1.29, 1.82) is 0 Å². The van der Waals surface area contributed by atoms with Gasteiger partial charge in [-0.05, 0) is 30.7 Å². The van der Waals surface area contributed by atoms with Crippen LogP contribution in [0.1, 0.15) is 18.2 Å². The van der Waals surface area contributed by atoms with Crippen molar-refractivity contribution < 1.29 is 8.42 Å². The van der Waals surface area contributed by atoms with Crippen molar-refractivity contribution in [1.82, 2.24) is 19.3 Å². The number of sulfonamides is 1. The lowest BCUT2D eigenvalue weighted by molar-refractivity contribution is 0.472. The third-order valence-corrected chi connectivity index (χ3v) is 7.06. The molecule has 5 rings (SSSR count). The molecule has 1 atom stereocenters. The molecule has 0 amide bonds. The summed E-state index contributed by atoms with van der Waals surface area (Å²) in [5, 5.41) is 0.826. The van der Waals surface area contributed by atoms with E-state index in [2.05, 4.69) is 15.0 Å². The number of fused-ring (bicyclic) bond motifs is 2. The second-order valence-corrected chi connectivity index (χ2v) is 8.73. The predicted molar refractivity (Wildman–Crippen MR) is 104 cm³/mol. The molecule has 1 N–H and O–H groups in total. The number of aromatic amines is 1. The summed E-state index contributed by atoms with van der Waals surface area (Å²) >= 11 is 0. The molecule has 3 heterocycles. The van der Waals surface area contributed by atoms with E-state index in [0.29, 0.717) is 18.6 Å². The van der Waals surface area contributed by atoms with Crippen LogP contribution in [0.5, 0.6) is 0 Å². The number of pyridine rings is 1. The maximum Gasteiger partial charge on any atom is 0.245 e. The van der Waals surface area contributed by atoms with Gasteiger partial charge in [-0.2, -0.15) is 4.31 Å². The molecule has 7 heteroatoms. The quantitative estimate of drug-likeness (QED) is 0.593. The highest BCUT2D eigenvalue weighted by molar-refractivity contribution is 7.89. The number of H-pyrrole nitrogens is 1. The molecule has 136 valence electrons. The lowest BCUT2D eigenvalue weighted by atomic mass is 10.1.